The van der Waals surface area contributed by atoms with Crippen LogP contribution in [0.3, 0.4) is 0 Å². The van der Waals surface area contributed by atoms with Gasteiger partial charge >= 0.3 is 0 Å². The Bertz CT molecular complexity index is 1020. The highest BCUT2D eigenvalue weighted by Gasteiger charge is 2.14. The Morgan fingerprint density at radius 2 is 1.90 bits per heavy atom. The smallest absolute Gasteiger partial charge is 0.190 e. The van der Waals surface area contributed by atoms with Crippen LogP contribution in [0.15, 0.2) is 29.3 Å². The molecule has 0 amide bonds. The van der Waals surface area contributed by atoms with E-state index >= 15 is 0 Å². The Balaban J connectivity index is 1.17. The number of hydrogen-bond acceptors (Lipinski definition) is 4. The quantitative estimate of drug-likeness (QED) is 0.331. The highest BCUT2D eigenvalue weighted by atomic mass is 15.3. The Morgan fingerprint density at radius 3 is 2.77 bits per heavy atom. The third kappa shape index (κ3) is 5.24. The van der Waals surface area contributed by atoms with Crippen molar-refractivity contribution >= 4 is 17.0 Å². The van der Waals surface area contributed by atoms with Crippen molar-refractivity contribution < 1.29 is 0 Å². The van der Waals surface area contributed by atoms with Crippen molar-refractivity contribution in [3.8, 4) is 0 Å². The van der Waals surface area contributed by atoms with Crippen LogP contribution in [-0.4, -0.2) is 50.4 Å². The number of nitrogens with zero attached hydrogens (tertiary/aromatic N) is 6. The third-order valence-electron chi connectivity index (χ3n) is 5.98. The largest absolute Gasteiger partial charge is 0.356 e. The zero-order valence-corrected chi connectivity index (χ0v) is 18.8. The van der Waals surface area contributed by atoms with Crippen LogP contribution in [0.1, 0.15) is 49.6 Å². The molecule has 1 aromatic carbocycles. The van der Waals surface area contributed by atoms with Gasteiger partial charge in [-0.05, 0) is 44.7 Å². The zero-order valence-electron chi connectivity index (χ0n) is 18.8. The van der Waals surface area contributed by atoms with E-state index in [9.17, 15) is 0 Å². The lowest BCUT2D eigenvalue weighted by atomic mass is 10.2. The predicted octanol–water partition coefficient (Wildman–Crippen LogP) is 2.85. The molecule has 0 radical (unpaired) electrons. The molecule has 8 nitrogen and oxygen atoms in total. The maximum atomic E-state index is 4.64. The molecule has 0 atom stereocenters. The molecule has 1 aliphatic rings. The van der Waals surface area contributed by atoms with Crippen LogP contribution in [0, 0.1) is 6.92 Å². The van der Waals surface area contributed by atoms with E-state index in [2.05, 4.69) is 65.1 Å². The Labute approximate surface area is 184 Å². The van der Waals surface area contributed by atoms with Gasteiger partial charge in [-0.2, -0.15) is 0 Å². The predicted molar refractivity (Wildman–Crippen MR) is 124 cm³/mol. The molecule has 0 bridgehead atoms. The molecule has 0 unspecified atom stereocenters. The Morgan fingerprint density at radius 1 is 1.06 bits per heavy atom. The van der Waals surface area contributed by atoms with Crippen LogP contribution in [0.2, 0.25) is 0 Å². The van der Waals surface area contributed by atoms with Crippen LogP contribution in [0.25, 0.3) is 11.0 Å². The van der Waals surface area contributed by atoms with Gasteiger partial charge in [0.05, 0.1) is 11.0 Å². The summed E-state index contributed by atoms with van der Waals surface area (Å²) in [5, 5.41) is 15.7. The zero-order chi connectivity index (χ0) is 21.5. The summed E-state index contributed by atoms with van der Waals surface area (Å²) in [5.74, 6) is 4.21. The maximum Gasteiger partial charge on any atom is 0.190 e. The molecule has 2 N–H and O–H groups in total. The first kappa shape index (κ1) is 21.3. The number of nitrogens with one attached hydrogen (secondary N) is 2. The van der Waals surface area contributed by atoms with Gasteiger partial charge in [-0.25, -0.2) is 4.98 Å². The van der Waals surface area contributed by atoms with Gasteiger partial charge in [0, 0.05) is 46.1 Å². The minimum absolute atomic E-state index is 0.854. The Hall–Kier alpha value is -2.90. The number of hydrogen-bond donors (Lipinski definition) is 2. The fraction of sp³-hybridized carbons (Fsp3) is 0.565. The SMILES string of the molecule is CN=C(NCCCc1nnc2n1CCCCC2)NCCCn1c(C)nc2ccccc21. The number of rotatable bonds is 8. The average Bonchev–Trinajstić information content (AvgIpc) is 3.22. The molecule has 2 aromatic heterocycles. The molecular formula is C23H34N8. The minimum Gasteiger partial charge on any atom is -0.356 e. The standard InChI is InChI=1S/C23H34N8/c1-18-27-19-10-5-6-11-20(19)30(18)17-9-15-26-23(24-2)25-14-8-13-22-29-28-21-12-4-3-7-16-31(21)22/h5-6,10-11H,3-4,7-9,12-17H2,1-2H3,(H2,24,25,26). The summed E-state index contributed by atoms with van der Waals surface area (Å²) >= 11 is 0. The number of aryl methyl sites for hydroxylation is 4. The van der Waals surface area contributed by atoms with Gasteiger partial charge in [-0.3, -0.25) is 4.99 Å². The lowest BCUT2D eigenvalue weighted by Gasteiger charge is -2.13. The van der Waals surface area contributed by atoms with Crippen LogP contribution in [0.5, 0.6) is 0 Å². The van der Waals surface area contributed by atoms with Crippen molar-refractivity contribution in [2.24, 2.45) is 4.99 Å². The number of guanidine groups is 1. The molecular weight excluding hydrogens is 388 g/mol. The van der Waals surface area contributed by atoms with Gasteiger partial charge < -0.3 is 19.8 Å². The fourth-order valence-corrected chi connectivity index (χ4v) is 4.33. The van der Waals surface area contributed by atoms with E-state index in [1.165, 1.54) is 30.6 Å². The molecule has 31 heavy (non-hydrogen) atoms. The van der Waals surface area contributed by atoms with E-state index in [0.29, 0.717) is 0 Å². The van der Waals surface area contributed by atoms with Gasteiger partial charge in [0.1, 0.15) is 17.5 Å². The van der Waals surface area contributed by atoms with Gasteiger partial charge in [-0.1, -0.05) is 18.6 Å². The topological polar surface area (TPSA) is 85.0 Å². The second-order valence-corrected chi connectivity index (χ2v) is 8.18. The molecule has 0 saturated heterocycles. The van der Waals surface area contributed by atoms with Gasteiger partial charge in [0.2, 0.25) is 0 Å². The highest BCUT2D eigenvalue weighted by molar-refractivity contribution is 5.79. The van der Waals surface area contributed by atoms with Gasteiger partial charge in [0.15, 0.2) is 5.96 Å². The third-order valence-corrected chi connectivity index (χ3v) is 5.98. The van der Waals surface area contributed by atoms with Crippen molar-refractivity contribution in [1.82, 2.24) is 34.9 Å². The van der Waals surface area contributed by atoms with Crippen LogP contribution < -0.4 is 10.6 Å². The first-order valence-corrected chi connectivity index (χ1v) is 11.5. The summed E-state index contributed by atoms with van der Waals surface area (Å²) in [5.41, 5.74) is 2.27. The van der Waals surface area contributed by atoms with E-state index in [1.54, 1.807) is 0 Å². The summed E-state index contributed by atoms with van der Waals surface area (Å²) in [6, 6.07) is 8.31. The summed E-state index contributed by atoms with van der Waals surface area (Å²) in [6.07, 6.45) is 7.80. The molecule has 0 fully saturated rings. The molecule has 8 heteroatoms. The molecule has 166 valence electrons. The first-order chi connectivity index (χ1) is 15.3. The number of aromatic nitrogens is 5. The van der Waals surface area contributed by atoms with Crippen molar-refractivity contribution in [3.63, 3.8) is 0 Å². The number of imidazole rings is 1. The monoisotopic (exact) mass is 422 g/mol. The van der Waals surface area contributed by atoms with E-state index in [1.807, 2.05) is 13.1 Å². The summed E-state index contributed by atoms with van der Waals surface area (Å²) in [6.45, 7) is 5.81. The van der Waals surface area contributed by atoms with Crippen molar-refractivity contribution in [2.75, 3.05) is 20.1 Å². The van der Waals surface area contributed by atoms with Gasteiger partial charge in [-0.15, -0.1) is 10.2 Å². The second-order valence-electron chi connectivity index (χ2n) is 8.18. The average molecular weight is 423 g/mol. The van der Waals surface area contributed by atoms with Crippen molar-refractivity contribution in [2.45, 2.75) is 65.0 Å². The van der Waals surface area contributed by atoms with Crippen LogP contribution >= 0.6 is 0 Å². The van der Waals surface area contributed by atoms with E-state index in [-0.39, 0.29) is 0 Å². The molecule has 0 spiro atoms. The highest BCUT2D eigenvalue weighted by Crippen LogP contribution is 2.16. The molecule has 1 aliphatic heterocycles. The lowest BCUT2D eigenvalue weighted by Crippen LogP contribution is -2.38. The lowest BCUT2D eigenvalue weighted by molar-refractivity contribution is 0.592. The second kappa shape index (κ2) is 10.4. The Kier molecular flexibility index (Phi) is 7.17. The summed E-state index contributed by atoms with van der Waals surface area (Å²) in [4.78, 5) is 8.99. The maximum absolute atomic E-state index is 4.64. The first-order valence-electron chi connectivity index (χ1n) is 11.5. The fourth-order valence-electron chi connectivity index (χ4n) is 4.33. The molecule has 0 aliphatic carbocycles. The summed E-state index contributed by atoms with van der Waals surface area (Å²) in [7, 11) is 1.82. The van der Waals surface area contributed by atoms with E-state index in [4.69, 9.17) is 0 Å². The van der Waals surface area contributed by atoms with E-state index < -0.39 is 0 Å². The molecule has 0 saturated carbocycles. The minimum atomic E-state index is 0.854. The van der Waals surface area contributed by atoms with Crippen LogP contribution in [0.4, 0.5) is 0 Å². The number of benzene rings is 1. The molecule has 4 rings (SSSR count). The van der Waals surface area contributed by atoms with Crippen molar-refractivity contribution in [1.29, 1.82) is 0 Å². The van der Waals surface area contributed by atoms with E-state index in [0.717, 1.165) is 75.0 Å². The number of aliphatic imine (C=N–C) groups is 1. The molecule has 3 aromatic rings. The van der Waals surface area contributed by atoms with Crippen LogP contribution in [-0.2, 0) is 25.9 Å². The summed E-state index contributed by atoms with van der Waals surface area (Å²) < 4.78 is 4.62. The van der Waals surface area contributed by atoms with Gasteiger partial charge in [0.25, 0.3) is 0 Å². The normalized spacial score (nSPS) is 14.5. The molecule has 3 heterocycles. The van der Waals surface area contributed by atoms with Crippen molar-refractivity contribution in [3.05, 3.63) is 41.7 Å². The number of para-hydroxylation sites is 2. The number of fused-ring (bicyclic) bond motifs is 2.